The minimum Gasteiger partial charge on any atom is -0.335 e. The molecule has 1 aliphatic heterocycles. The minimum absolute atomic E-state index is 0.0477. The maximum atomic E-state index is 12.9. The van der Waals surface area contributed by atoms with Gasteiger partial charge >= 0.3 is 0 Å². The molecule has 0 saturated carbocycles. The average Bonchev–Trinajstić information content (AvgIpc) is 2.65. The van der Waals surface area contributed by atoms with E-state index in [1.165, 1.54) is 0 Å². The lowest BCUT2D eigenvalue weighted by atomic mass is 9.91. The molecule has 26 heavy (non-hydrogen) atoms. The first kappa shape index (κ1) is 18.4. The summed E-state index contributed by atoms with van der Waals surface area (Å²) in [4.78, 5) is 28.7. The summed E-state index contributed by atoms with van der Waals surface area (Å²) in [6.45, 7) is 3.20. The van der Waals surface area contributed by atoms with Crippen molar-refractivity contribution in [3.05, 3.63) is 70.7 Å². The van der Waals surface area contributed by atoms with Crippen LogP contribution in [0.1, 0.15) is 18.1 Å². The van der Waals surface area contributed by atoms with E-state index in [2.05, 4.69) is 0 Å². The van der Waals surface area contributed by atoms with Crippen molar-refractivity contribution in [2.24, 2.45) is 5.73 Å². The summed E-state index contributed by atoms with van der Waals surface area (Å²) in [5.41, 5.74) is 6.90. The standard InChI is InChI=1S/C20H22ClN3O2/c1-20(22,16-5-3-2-4-6-16)19(26)24-12-11-23(18(25)14-24)13-15-7-9-17(21)10-8-15/h2-10H,11-14,22H2,1H3. The van der Waals surface area contributed by atoms with Crippen LogP contribution in [-0.2, 0) is 21.7 Å². The van der Waals surface area contributed by atoms with E-state index in [0.717, 1.165) is 11.1 Å². The Morgan fingerprint density at radius 1 is 1.12 bits per heavy atom. The number of benzene rings is 2. The van der Waals surface area contributed by atoms with Gasteiger partial charge in [-0.2, -0.15) is 0 Å². The number of halogens is 1. The maximum absolute atomic E-state index is 12.9. The number of amides is 2. The topological polar surface area (TPSA) is 66.6 Å². The SMILES string of the molecule is CC(N)(C(=O)N1CCN(Cc2ccc(Cl)cc2)C(=O)C1)c1ccccc1. The van der Waals surface area contributed by atoms with Crippen LogP contribution in [0.2, 0.25) is 5.02 Å². The Hall–Kier alpha value is -2.37. The molecule has 1 atom stereocenters. The number of nitrogens with zero attached hydrogens (tertiary/aromatic N) is 2. The Kier molecular flexibility index (Phi) is 5.30. The third kappa shape index (κ3) is 3.89. The van der Waals surface area contributed by atoms with E-state index in [1.54, 1.807) is 28.9 Å². The van der Waals surface area contributed by atoms with Gasteiger partial charge in [-0.3, -0.25) is 9.59 Å². The number of carbonyl (C=O) groups excluding carboxylic acids is 2. The third-order valence-electron chi connectivity index (χ3n) is 4.71. The molecular weight excluding hydrogens is 350 g/mol. The van der Waals surface area contributed by atoms with Gasteiger partial charge in [-0.25, -0.2) is 0 Å². The number of rotatable bonds is 4. The van der Waals surface area contributed by atoms with E-state index in [9.17, 15) is 9.59 Å². The zero-order valence-corrected chi connectivity index (χ0v) is 15.4. The molecule has 0 radical (unpaired) electrons. The molecule has 6 heteroatoms. The van der Waals surface area contributed by atoms with E-state index in [-0.39, 0.29) is 18.4 Å². The van der Waals surface area contributed by atoms with E-state index in [0.29, 0.717) is 24.7 Å². The summed E-state index contributed by atoms with van der Waals surface area (Å²) < 4.78 is 0. The molecule has 3 rings (SSSR count). The molecule has 5 nitrogen and oxygen atoms in total. The summed E-state index contributed by atoms with van der Waals surface area (Å²) in [7, 11) is 0. The molecule has 1 saturated heterocycles. The van der Waals surface area contributed by atoms with Gasteiger partial charge in [0.2, 0.25) is 11.8 Å². The van der Waals surface area contributed by atoms with Gasteiger partial charge < -0.3 is 15.5 Å². The van der Waals surface area contributed by atoms with Gasteiger partial charge in [0.25, 0.3) is 0 Å². The van der Waals surface area contributed by atoms with Gasteiger partial charge in [-0.05, 0) is 30.2 Å². The first-order chi connectivity index (χ1) is 12.4. The van der Waals surface area contributed by atoms with Gasteiger partial charge in [-0.15, -0.1) is 0 Å². The fourth-order valence-corrected chi connectivity index (χ4v) is 3.22. The largest absolute Gasteiger partial charge is 0.335 e. The Morgan fingerprint density at radius 3 is 2.38 bits per heavy atom. The molecule has 1 heterocycles. The average molecular weight is 372 g/mol. The highest BCUT2D eigenvalue weighted by molar-refractivity contribution is 6.30. The molecule has 2 N–H and O–H groups in total. The maximum Gasteiger partial charge on any atom is 0.247 e. The molecule has 1 unspecified atom stereocenters. The van der Waals surface area contributed by atoms with Crippen LogP contribution in [0.5, 0.6) is 0 Å². The fraction of sp³-hybridized carbons (Fsp3) is 0.300. The Bertz CT molecular complexity index is 790. The smallest absolute Gasteiger partial charge is 0.247 e. The molecule has 0 spiro atoms. The first-order valence-electron chi connectivity index (χ1n) is 8.54. The normalized spacial score (nSPS) is 17.1. The van der Waals surface area contributed by atoms with Gasteiger partial charge in [0.1, 0.15) is 5.54 Å². The Morgan fingerprint density at radius 2 is 1.77 bits per heavy atom. The molecule has 1 aliphatic rings. The Labute approximate surface area is 158 Å². The number of piperazine rings is 1. The predicted octanol–water partition coefficient (Wildman–Crippen LogP) is 2.38. The zero-order valence-electron chi connectivity index (χ0n) is 14.7. The molecule has 136 valence electrons. The second-order valence-electron chi connectivity index (χ2n) is 6.74. The van der Waals surface area contributed by atoms with Crippen LogP contribution in [0.15, 0.2) is 54.6 Å². The summed E-state index contributed by atoms with van der Waals surface area (Å²) in [6.07, 6.45) is 0. The van der Waals surface area contributed by atoms with Crippen molar-refractivity contribution in [2.45, 2.75) is 19.0 Å². The molecule has 2 amide bonds. The molecule has 0 aromatic heterocycles. The zero-order chi connectivity index (χ0) is 18.7. The van der Waals surface area contributed by atoms with Crippen LogP contribution < -0.4 is 5.73 Å². The summed E-state index contributed by atoms with van der Waals surface area (Å²) >= 11 is 5.89. The Balaban J connectivity index is 1.65. The van der Waals surface area contributed by atoms with E-state index in [4.69, 9.17) is 17.3 Å². The van der Waals surface area contributed by atoms with Crippen molar-refractivity contribution in [2.75, 3.05) is 19.6 Å². The van der Waals surface area contributed by atoms with Gasteiger partial charge in [0.05, 0.1) is 6.54 Å². The van der Waals surface area contributed by atoms with Crippen LogP contribution in [0, 0.1) is 0 Å². The van der Waals surface area contributed by atoms with Crippen LogP contribution in [0.25, 0.3) is 0 Å². The van der Waals surface area contributed by atoms with E-state index < -0.39 is 5.54 Å². The van der Waals surface area contributed by atoms with Crippen LogP contribution in [0.4, 0.5) is 0 Å². The molecule has 1 fully saturated rings. The van der Waals surface area contributed by atoms with Crippen LogP contribution >= 0.6 is 11.6 Å². The predicted molar refractivity (Wildman–Crippen MR) is 101 cm³/mol. The van der Waals surface area contributed by atoms with Crippen molar-refractivity contribution in [1.29, 1.82) is 0 Å². The number of hydrogen-bond donors (Lipinski definition) is 1. The summed E-state index contributed by atoms with van der Waals surface area (Å²) in [6, 6.07) is 16.7. The second-order valence-corrected chi connectivity index (χ2v) is 7.17. The van der Waals surface area contributed by atoms with Crippen LogP contribution in [-0.4, -0.2) is 41.2 Å². The lowest BCUT2D eigenvalue weighted by molar-refractivity contribution is -0.148. The van der Waals surface area contributed by atoms with Crippen molar-refractivity contribution >= 4 is 23.4 Å². The highest BCUT2D eigenvalue weighted by atomic mass is 35.5. The number of nitrogens with two attached hydrogens (primary N) is 1. The van der Waals surface area contributed by atoms with E-state index >= 15 is 0 Å². The van der Waals surface area contributed by atoms with Crippen molar-refractivity contribution in [3.63, 3.8) is 0 Å². The third-order valence-corrected chi connectivity index (χ3v) is 4.96. The molecular formula is C20H22ClN3O2. The van der Waals surface area contributed by atoms with Crippen molar-refractivity contribution in [3.8, 4) is 0 Å². The molecule has 2 aromatic rings. The summed E-state index contributed by atoms with van der Waals surface area (Å²) in [5.74, 6) is -0.313. The molecule has 2 aromatic carbocycles. The lowest BCUT2D eigenvalue weighted by Gasteiger charge is -2.38. The van der Waals surface area contributed by atoms with Crippen molar-refractivity contribution in [1.82, 2.24) is 9.80 Å². The van der Waals surface area contributed by atoms with Gasteiger partial charge in [-0.1, -0.05) is 54.1 Å². The van der Waals surface area contributed by atoms with E-state index in [1.807, 2.05) is 42.5 Å². The highest BCUT2D eigenvalue weighted by Gasteiger charge is 2.37. The fourth-order valence-electron chi connectivity index (χ4n) is 3.10. The van der Waals surface area contributed by atoms with Crippen molar-refractivity contribution < 1.29 is 9.59 Å². The summed E-state index contributed by atoms with van der Waals surface area (Å²) in [5, 5.41) is 0.665. The number of carbonyl (C=O) groups is 2. The van der Waals surface area contributed by atoms with Crippen LogP contribution in [0.3, 0.4) is 0 Å². The molecule has 0 aliphatic carbocycles. The molecule has 0 bridgehead atoms. The van der Waals surface area contributed by atoms with Gasteiger partial charge in [0.15, 0.2) is 0 Å². The second kappa shape index (κ2) is 7.48. The number of hydrogen-bond acceptors (Lipinski definition) is 3. The first-order valence-corrected chi connectivity index (χ1v) is 8.92. The van der Waals surface area contributed by atoms with Gasteiger partial charge in [0, 0.05) is 24.7 Å². The quantitative estimate of drug-likeness (QED) is 0.897. The lowest BCUT2D eigenvalue weighted by Crippen LogP contribution is -2.58. The highest BCUT2D eigenvalue weighted by Crippen LogP contribution is 2.22. The monoisotopic (exact) mass is 371 g/mol. The minimum atomic E-state index is -1.15.